The third kappa shape index (κ3) is 2.63. The topological polar surface area (TPSA) is 39.2 Å². The number of halogens is 3. The number of benzene rings is 2. The lowest BCUT2D eigenvalue weighted by molar-refractivity contribution is 0.0601. The van der Waals surface area contributed by atoms with Gasteiger partial charge in [-0.2, -0.15) is 0 Å². The van der Waals surface area contributed by atoms with Crippen molar-refractivity contribution in [2.24, 2.45) is 0 Å². The van der Waals surface area contributed by atoms with E-state index in [4.69, 9.17) is 0 Å². The van der Waals surface area contributed by atoms with Crippen molar-refractivity contribution in [1.82, 2.24) is 4.98 Å². The fourth-order valence-electron chi connectivity index (χ4n) is 2.35. The van der Waals surface area contributed by atoms with Gasteiger partial charge in [-0.05, 0) is 24.3 Å². The van der Waals surface area contributed by atoms with E-state index in [2.05, 4.69) is 9.72 Å². The average molecular weight is 317 g/mol. The zero-order valence-electron chi connectivity index (χ0n) is 11.9. The van der Waals surface area contributed by atoms with E-state index in [0.717, 1.165) is 18.3 Å². The van der Waals surface area contributed by atoms with Crippen molar-refractivity contribution in [3.8, 4) is 11.3 Å². The van der Waals surface area contributed by atoms with Crippen LogP contribution in [-0.2, 0) is 4.74 Å². The molecule has 0 saturated carbocycles. The first-order valence-corrected chi connectivity index (χ1v) is 6.63. The molecule has 23 heavy (non-hydrogen) atoms. The first-order valence-electron chi connectivity index (χ1n) is 6.63. The Kier molecular flexibility index (Phi) is 3.73. The highest BCUT2D eigenvalue weighted by Gasteiger charge is 2.16. The maximum absolute atomic E-state index is 14.0. The minimum atomic E-state index is -0.825. The minimum Gasteiger partial charge on any atom is -0.465 e. The summed E-state index contributed by atoms with van der Waals surface area (Å²) in [6.45, 7) is 0. The Labute approximate surface area is 129 Å². The number of fused-ring (bicyclic) bond motifs is 1. The molecule has 0 unspecified atom stereocenters. The van der Waals surface area contributed by atoms with Gasteiger partial charge in [0, 0.05) is 22.4 Å². The molecule has 1 aromatic heterocycles. The zero-order valence-corrected chi connectivity index (χ0v) is 11.9. The van der Waals surface area contributed by atoms with E-state index in [1.165, 1.54) is 31.4 Å². The van der Waals surface area contributed by atoms with Crippen molar-refractivity contribution in [3.63, 3.8) is 0 Å². The van der Waals surface area contributed by atoms with Gasteiger partial charge < -0.3 is 4.74 Å². The maximum atomic E-state index is 14.0. The van der Waals surface area contributed by atoms with Gasteiger partial charge >= 0.3 is 5.97 Å². The SMILES string of the molecule is COC(=O)c1ccc2c(F)cnc(-c3ccc(F)cc3F)c2c1. The average Bonchev–Trinajstić information content (AvgIpc) is 2.55. The molecule has 6 heteroatoms. The largest absolute Gasteiger partial charge is 0.465 e. The summed E-state index contributed by atoms with van der Waals surface area (Å²) in [5.74, 6) is -2.77. The van der Waals surface area contributed by atoms with E-state index in [1.807, 2.05) is 0 Å². The van der Waals surface area contributed by atoms with Crippen LogP contribution in [-0.4, -0.2) is 18.1 Å². The summed E-state index contributed by atoms with van der Waals surface area (Å²) >= 11 is 0. The Morgan fingerprint density at radius 2 is 1.78 bits per heavy atom. The predicted molar refractivity (Wildman–Crippen MR) is 78.4 cm³/mol. The monoisotopic (exact) mass is 317 g/mol. The molecule has 0 spiro atoms. The summed E-state index contributed by atoms with van der Waals surface area (Å²) in [5.41, 5.74) is 0.305. The van der Waals surface area contributed by atoms with Crippen LogP contribution >= 0.6 is 0 Å². The number of carbonyl (C=O) groups excluding carboxylic acids is 1. The first-order chi connectivity index (χ1) is 11.0. The van der Waals surface area contributed by atoms with Crippen molar-refractivity contribution in [3.05, 3.63) is 65.6 Å². The smallest absolute Gasteiger partial charge is 0.337 e. The number of hydrogen-bond donors (Lipinski definition) is 0. The van der Waals surface area contributed by atoms with Crippen molar-refractivity contribution in [2.75, 3.05) is 7.11 Å². The van der Waals surface area contributed by atoms with Gasteiger partial charge in [-0.25, -0.2) is 18.0 Å². The van der Waals surface area contributed by atoms with Crippen molar-refractivity contribution in [1.29, 1.82) is 0 Å². The van der Waals surface area contributed by atoms with Gasteiger partial charge in [0.2, 0.25) is 0 Å². The van der Waals surface area contributed by atoms with Crippen LogP contribution in [0.15, 0.2) is 42.6 Å². The standard InChI is InChI=1S/C17H10F3NO2/c1-23-17(22)9-2-4-11-13(6-9)16(21-8-15(11)20)12-5-3-10(18)7-14(12)19/h2-8H,1H3. The number of hydrogen-bond acceptors (Lipinski definition) is 3. The van der Waals surface area contributed by atoms with Crippen LogP contribution in [0.1, 0.15) is 10.4 Å². The molecule has 0 saturated heterocycles. The van der Waals surface area contributed by atoms with E-state index in [-0.39, 0.29) is 27.6 Å². The Morgan fingerprint density at radius 3 is 2.48 bits per heavy atom. The molecule has 0 N–H and O–H groups in total. The normalized spacial score (nSPS) is 10.8. The van der Waals surface area contributed by atoms with Crippen molar-refractivity contribution >= 4 is 16.7 Å². The molecule has 0 radical (unpaired) electrons. The predicted octanol–water partition coefficient (Wildman–Crippen LogP) is 4.11. The number of carbonyl (C=O) groups is 1. The number of methoxy groups -OCH3 is 1. The third-order valence-electron chi connectivity index (χ3n) is 3.45. The molecule has 0 amide bonds. The molecule has 3 aromatic rings. The highest BCUT2D eigenvalue weighted by Crippen LogP contribution is 2.31. The lowest BCUT2D eigenvalue weighted by Gasteiger charge is -2.09. The highest BCUT2D eigenvalue weighted by molar-refractivity contribution is 6.00. The molecule has 1 heterocycles. The van der Waals surface area contributed by atoms with Gasteiger partial charge in [-0.3, -0.25) is 4.98 Å². The molecule has 0 bridgehead atoms. The number of ether oxygens (including phenoxy) is 1. The molecule has 0 aliphatic rings. The van der Waals surface area contributed by atoms with Gasteiger partial charge in [-0.15, -0.1) is 0 Å². The summed E-state index contributed by atoms with van der Waals surface area (Å²) in [4.78, 5) is 15.5. The highest BCUT2D eigenvalue weighted by atomic mass is 19.1. The molecule has 0 atom stereocenters. The Hall–Kier alpha value is -2.89. The molecule has 0 fully saturated rings. The van der Waals surface area contributed by atoms with Crippen molar-refractivity contribution in [2.45, 2.75) is 0 Å². The van der Waals surface area contributed by atoms with Gasteiger partial charge in [0.1, 0.15) is 17.5 Å². The third-order valence-corrected chi connectivity index (χ3v) is 3.45. The molecule has 3 nitrogen and oxygen atoms in total. The van der Waals surface area contributed by atoms with Gasteiger partial charge in [0.25, 0.3) is 0 Å². The van der Waals surface area contributed by atoms with Crippen LogP contribution in [0.25, 0.3) is 22.0 Å². The summed E-state index contributed by atoms with van der Waals surface area (Å²) in [7, 11) is 1.22. The second-order valence-electron chi connectivity index (χ2n) is 4.83. The van der Waals surface area contributed by atoms with E-state index < -0.39 is 23.4 Å². The fourth-order valence-corrected chi connectivity index (χ4v) is 2.35. The molecule has 0 aliphatic carbocycles. The zero-order chi connectivity index (χ0) is 16.6. The van der Waals surface area contributed by atoms with Crippen molar-refractivity contribution < 1.29 is 22.7 Å². The quantitative estimate of drug-likeness (QED) is 0.668. The maximum Gasteiger partial charge on any atom is 0.337 e. The molecule has 2 aromatic carbocycles. The van der Waals surface area contributed by atoms with Crippen LogP contribution in [0.2, 0.25) is 0 Å². The number of aromatic nitrogens is 1. The Balaban J connectivity index is 2.31. The summed E-state index contributed by atoms with van der Waals surface area (Å²) in [6.07, 6.45) is 0.957. The van der Waals surface area contributed by atoms with Crippen LogP contribution in [0.5, 0.6) is 0 Å². The first kappa shape index (κ1) is 15.0. The Bertz CT molecular complexity index is 925. The molecular weight excluding hydrogens is 307 g/mol. The van der Waals surface area contributed by atoms with Crippen LogP contribution in [0.4, 0.5) is 13.2 Å². The molecule has 3 rings (SSSR count). The minimum absolute atomic E-state index is 0.0124. The van der Waals surface area contributed by atoms with Gasteiger partial charge in [-0.1, -0.05) is 6.07 Å². The van der Waals surface area contributed by atoms with E-state index in [9.17, 15) is 18.0 Å². The summed E-state index contributed by atoms with van der Waals surface area (Å²) < 4.78 is 45.7. The van der Waals surface area contributed by atoms with E-state index in [0.29, 0.717) is 0 Å². The number of rotatable bonds is 2. The number of nitrogens with zero attached hydrogens (tertiary/aromatic N) is 1. The molecule has 0 aliphatic heterocycles. The van der Waals surface area contributed by atoms with Crippen LogP contribution in [0, 0.1) is 17.5 Å². The van der Waals surface area contributed by atoms with Gasteiger partial charge in [0.15, 0.2) is 0 Å². The van der Waals surface area contributed by atoms with E-state index >= 15 is 0 Å². The fraction of sp³-hybridized carbons (Fsp3) is 0.0588. The van der Waals surface area contributed by atoms with Crippen LogP contribution in [0.3, 0.4) is 0 Å². The number of pyridine rings is 1. The van der Waals surface area contributed by atoms with Crippen LogP contribution < -0.4 is 0 Å². The molecular formula is C17H10F3NO2. The Morgan fingerprint density at radius 1 is 1.00 bits per heavy atom. The van der Waals surface area contributed by atoms with E-state index in [1.54, 1.807) is 0 Å². The second-order valence-corrected chi connectivity index (χ2v) is 4.83. The second kappa shape index (κ2) is 5.72. The lowest BCUT2D eigenvalue weighted by atomic mass is 10.0. The number of esters is 1. The summed E-state index contributed by atoms with van der Waals surface area (Å²) in [6, 6.07) is 7.19. The van der Waals surface area contributed by atoms with Gasteiger partial charge in [0.05, 0.1) is 24.6 Å². The molecule has 116 valence electrons. The summed E-state index contributed by atoms with van der Waals surface area (Å²) in [5, 5.41) is 0.407. The lowest BCUT2D eigenvalue weighted by Crippen LogP contribution is -2.02.